The Kier molecular flexibility index (Phi) is 8.55. The van der Waals surface area contributed by atoms with E-state index in [4.69, 9.17) is 5.11 Å². The molecule has 0 aliphatic rings. The molecular formula is C15H22CrO3. The Morgan fingerprint density at radius 3 is 2.21 bits per heavy atom. The average Bonchev–Trinajstić information content (AvgIpc) is 2.34. The predicted octanol–water partition coefficient (Wildman–Crippen LogP) is 3.77. The first-order valence-electron chi connectivity index (χ1n) is 6.68. The van der Waals surface area contributed by atoms with Crippen molar-refractivity contribution < 1.29 is 32.4 Å². The van der Waals surface area contributed by atoms with Gasteiger partial charge < -0.3 is 10.2 Å². The molecule has 0 fully saturated rings. The molecule has 0 radical (unpaired) electrons. The molecule has 3 nitrogen and oxygen atoms in total. The SMILES string of the molecule is CCCCc1ccc(C(=O)O)c(O)c1CCCC.[Cr]. The minimum atomic E-state index is -1.06. The number of unbranched alkanes of at least 4 members (excludes halogenated alkanes) is 2. The van der Waals surface area contributed by atoms with Gasteiger partial charge in [-0.05, 0) is 42.9 Å². The van der Waals surface area contributed by atoms with Crippen molar-refractivity contribution in [3.8, 4) is 5.75 Å². The molecule has 0 aliphatic heterocycles. The van der Waals surface area contributed by atoms with Gasteiger partial charge in [0.25, 0.3) is 0 Å². The number of carboxylic acids is 1. The standard InChI is InChI=1S/C15H22O3.Cr/c1-3-5-7-11-9-10-13(15(17)18)14(16)12(11)8-6-4-2;/h9-10,16H,3-8H2,1-2H3,(H,17,18);. The van der Waals surface area contributed by atoms with Crippen LogP contribution in [0.5, 0.6) is 5.75 Å². The van der Waals surface area contributed by atoms with Crippen LogP contribution in [-0.4, -0.2) is 16.2 Å². The Balaban J connectivity index is 0.00000324. The van der Waals surface area contributed by atoms with E-state index in [1.165, 1.54) is 6.07 Å². The van der Waals surface area contributed by atoms with Crippen molar-refractivity contribution in [2.75, 3.05) is 0 Å². The number of aromatic hydroxyl groups is 1. The molecule has 0 atom stereocenters. The zero-order chi connectivity index (χ0) is 13.5. The maximum Gasteiger partial charge on any atom is 0.339 e. The zero-order valence-corrected chi connectivity index (χ0v) is 12.9. The van der Waals surface area contributed by atoms with Crippen molar-refractivity contribution in [1.82, 2.24) is 0 Å². The minimum absolute atomic E-state index is 0. The van der Waals surface area contributed by atoms with Crippen molar-refractivity contribution in [2.24, 2.45) is 0 Å². The number of aryl methyl sites for hydroxylation is 1. The average molecular weight is 302 g/mol. The third-order valence-corrected chi connectivity index (χ3v) is 3.19. The molecule has 0 aromatic heterocycles. The first-order chi connectivity index (χ1) is 8.61. The fourth-order valence-electron chi connectivity index (χ4n) is 2.08. The summed E-state index contributed by atoms with van der Waals surface area (Å²) >= 11 is 0. The van der Waals surface area contributed by atoms with Gasteiger partial charge in [0, 0.05) is 17.4 Å². The van der Waals surface area contributed by atoms with Crippen molar-refractivity contribution in [2.45, 2.75) is 52.4 Å². The maximum atomic E-state index is 11.0. The van der Waals surface area contributed by atoms with Gasteiger partial charge in [0.2, 0.25) is 0 Å². The van der Waals surface area contributed by atoms with Crippen LogP contribution in [-0.2, 0) is 30.2 Å². The second kappa shape index (κ2) is 9.01. The number of aromatic carboxylic acids is 1. The van der Waals surface area contributed by atoms with Gasteiger partial charge in [-0.1, -0.05) is 32.8 Å². The van der Waals surface area contributed by atoms with Crippen LogP contribution < -0.4 is 0 Å². The van der Waals surface area contributed by atoms with Gasteiger partial charge in [-0.2, -0.15) is 0 Å². The molecule has 0 bridgehead atoms. The van der Waals surface area contributed by atoms with Gasteiger partial charge in [-0.3, -0.25) is 0 Å². The number of phenols is 1. The topological polar surface area (TPSA) is 57.5 Å². The molecule has 0 amide bonds. The van der Waals surface area contributed by atoms with Crippen molar-refractivity contribution in [3.05, 3.63) is 28.8 Å². The Morgan fingerprint density at radius 2 is 1.68 bits per heavy atom. The van der Waals surface area contributed by atoms with Crippen molar-refractivity contribution in [3.63, 3.8) is 0 Å². The number of carboxylic acid groups (broad SMARTS) is 1. The van der Waals surface area contributed by atoms with Gasteiger partial charge >= 0.3 is 5.97 Å². The third-order valence-electron chi connectivity index (χ3n) is 3.19. The molecule has 1 aromatic carbocycles. The van der Waals surface area contributed by atoms with Crippen molar-refractivity contribution >= 4 is 5.97 Å². The van der Waals surface area contributed by atoms with Crippen LogP contribution in [0.2, 0.25) is 0 Å². The summed E-state index contributed by atoms with van der Waals surface area (Å²) in [5.74, 6) is -1.10. The second-order valence-electron chi connectivity index (χ2n) is 4.61. The monoisotopic (exact) mass is 302 g/mol. The van der Waals surface area contributed by atoms with Crippen LogP contribution in [0.15, 0.2) is 12.1 Å². The van der Waals surface area contributed by atoms with Crippen molar-refractivity contribution in [1.29, 1.82) is 0 Å². The van der Waals surface area contributed by atoms with E-state index >= 15 is 0 Å². The molecule has 4 heteroatoms. The van der Waals surface area contributed by atoms with E-state index in [0.717, 1.165) is 49.7 Å². The Hall–Kier alpha value is -0.978. The smallest absolute Gasteiger partial charge is 0.339 e. The van der Waals surface area contributed by atoms with Gasteiger partial charge in [-0.15, -0.1) is 0 Å². The summed E-state index contributed by atoms with van der Waals surface area (Å²) in [5, 5.41) is 19.1. The van der Waals surface area contributed by atoms with E-state index in [1.54, 1.807) is 0 Å². The number of benzene rings is 1. The van der Waals surface area contributed by atoms with E-state index in [2.05, 4.69) is 13.8 Å². The van der Waals surface area contributed by atoms with E-state index in [9.17, 15) is 9.90 Å². The molecule has 2 N–H and O–H groups in total. The molecule has 19 heavy (non-hydrogen) atoms. The molecule has 0 aliphatic carbocycles. The van der Waals surface area contributed by atoms with Gasteiger partial charge in [0.15, 0.2) is 0 Å². The maximum absolute atomic E-state index is 11.0. The van der Waals surface area contributed by atoms with Crippen LogP contribution in [0.1, 0.15) is 61.0 Å². The number of hydrogen-bond donors (Lipinski definition) is 2. The molecule has 106 valence electrons. The van der Waals surface area contributed by atoms with Crippen LogP contribution in [0.4, 0.5) is 0 Å². The summed E-state index contributed by atoms with van der Waals surface area (Å²) < 4.78 is 0. The summed E-state index contributed by atoms with van der Waals surface area (Å²) in [7, 11) is 0. The molecular weight excluding hydrogens is 280 g/mol. The summed E-state index contributed by atoms with van der Waals surface area (Å²) in [6.45, 7) is 4.21. The van der Waals surface area contributed by atoms with Crippen LogP contribution >= 0.6 is 0 Å². The number of rotatable bonds is 7. The van der Waals surface area contributed by atoms with Crippen LogP contribution in [0.3, 0.4) is 0 Å². The van der Waals surface area contributed by atoms with Crippen LogP contribution in [0.25, 0.3) is 0 Å². The molecule has 0 saturated heterocycles. The Bertz CT molecular complexity index is 416. The zero-order valence-electron chi connectivity index (χ0n) is 11.6. The second-order valence-corrected chi connectivity index (χ2v) is 4.61. The predicted molar refractivity (Wildman–Crippen MR) is 72.3 cm³/mol. The normalized spacial score (nSPS) is 10.0. The van der Waals surface area contributed by atoms with E-state index in [0.29, 0.717) is 0 Å². The molecule has 0 heterocycles. The van der Waals surface area contributed by atoms with Gasteiger partial charge in [-0.25, -0.2) is 4.79 Å². The minimum Gasteiger partial charge on any atom is -0.507 e. The first kappa shape index (κ1) is 18.0. The first-order valence-corrected chi connectivity index (χ1v) is 6.68. The summed E-state index contributed by atoms with van der Waals surface area (Å²) in [6, 6.07) is 3.36. The molecule has 1 aromatic rings. The number of carbonyl (C=O) groups is 1. The van der Waals surface area contributed by atoms with E-state index in [1.807, 2.05) is 6.07 Å². The Morgan fingerprint density at radius 1 is 1.11 bits per heavy atom. The summed E-state index contributed by atoms with van der Waals surface area (Å²) in [4.78, 5) is 11.0. The molecule has 0 spiro atoms. The molecule has 0 unspecified atom stereocenters. The third kappa shape index (κ3) is 4.89. The van der Waals surface area contributed by atoms with Crippen LogP contribution in [0, 0.1) is 0 Å². The largest absolute Gasteiger partial charge is 0.507 e. The summed E-state index contributed by atoms with van der Waals surface area (Å²) in [6.07, 6.45) is 5.81. The van der Waals surface area contributed by atoms with E-state index < -0.39 is 5.97 Å². The fraction of sp³-hybridized carbons (Fsp3) is 0.533. The Labute approximate surface area is 125 Å². The molecule has 1 rings (SSSR count). The quantitative estimate of drug-likeness (QED) is 0.806. The van der Waals surface area contributed by atoms with Gasteiger partial charge in [0.05, 0.1) is 0 Å². The molecule has 0 saturated carbocycles. The summed E-state index contributed by atoms with van der Waals surface area (Å²) in [5.41, 5.74) is 1.93. The van der Waals surface area contributed by atoms with E-state index in [-0.39, 0.29) is 28.7 Å². The fourth-order valence-corrected chi connectivity index (χ4v) is 2.08. The number of hydrogen-bond acceptors (Lipinski definition) is 2. The van der Waals surface area contributed by atoms with Gasteiger partial charge in [0.1, 0.15) is 11.3 Å².